The Bertz CT molecular complexity index is 1310. The minimum atomic E-state index is -0.262. The number of aliphatic hydroxyl groups is 1. The van der Waals surface area contributed by atoms with Gasteiger partial charge >= 0.3 is 0 Å². The molecule has 0 saturated carbocycles. The molecule has 3 heterocycles. The third-order valence-electron chi connectivity index (χ3n) is 5.59. The number of nitrogens with two attached hydrogens (primary N) is 1. The number of rotatable bonds is 7. The molecule has 0 saturated heterocycles. The van der Waals surface area contributed by atoms with Gasteiger partial charge in [0.15, 0.2) is 5.65 Å². The number of aliphatic hydroxyl groups excluding tert-OH is 1. The van der Waals surface area contributed by atoms with Gasteiger partial charge in [-0.05, 0) is 38.5 Å². The molecular formula is C23H25ClN6O3. The molecule has 4 rings (SSSR count). The third-order valence-corrected chi connectivity index (χ3v) is 5.98. The van der Waals surface area contributed by atoms with Crippen LogP contribution in [-0.4, -0.2) is 50.2 Å². The summed E-state index contributed by atoms with van der Waals surface area (Å²) in [5.41, 5.74) is 10.8. The average Bonchev–Trinajstić information content (AvgIpc) is 3.16. The SMILES string of the molecule is COc1c(C(C)n2nc(C)c3c(N)ncnc32)cc(Cl)c(C)c1-c1ccc(OCCO)nc1. The van der Waals surface area contributed by atoms with Crippen LogP contribution in [0.1, 0.15) is 29.8 Å². The van der Waals surface area contributed by atoms with Crippen molar-refractivity contribution in [3.8, 4) is 22.8 Å². The van der Waals surface area contributed by atoms with Crippen LogP contribution in [0.15, 0.2) is 30.7 Å². The van der Waals surface area contributed by atoms with Crippen molar-refractivity contribution in [2.24, 2.45) is 0 Å². The molecule has 4 aromatic rings. The van der Waals surface area contributed by atoms with E-state index >= 15 is 0 Å². The summed E-state index contributed by atoms with van der Waals surface area (Å²) in [5, 5.41) is 15.0. The van der Waals surface area contributed by atoms with Crippen molar-refractivity contribution in [2.45, 2.75) is 26.8 Å². The maximum absolute atomic E-state index is 8.95. The van der Waals surface area contributed by atoms with E-state index in [0.29, 0.717) is 28.1 Å². The Morgan fingerprint density at radius 1 is 1.21 bits per heavy atom. The van der Waals surface area contributed by atoms with Crippen LogP contribution in [0, 0.1) is 13.8 Å². The lowest BCUT2D eigenvalue weighted by atomic mass is 9.94. The fourth-order valence-corrected chi connectivity index (χ4v) is 4.17. The van der Waals surface area contributed by atoms with Gasteiger partial charge in [-0.3, -0.25) is 0 Å². The highest BCUT2D eigenvalue weighted by Gasteiger charge is 2.25. The van der Waals surface area contributed by atoms with E-state index in [9.17, 15) is 0 Å². The van der Waals surface area contributed by atoms with E-state index in [0.717, 1.165) is 33.3 Å². The number of nitrogens with zero attached hydrogens (tertiary/aromatic N) is 5. The number of benzene rings is 1. The van der Waals surface area contributed by atoms with E-state index < -0.39 is 0 Å². The smallest absolute Gasteiger partial charge is 0.213 e. The topological polar surface area (TPSA) is 121 Å². The molecule has 10 heteroatoms. The number of pyridine rings is 1. The summed E-state index contributed by atoms with van der Waals surface area (Å²) in [4.78, 5) is 12.8. The van der Waals surface area contributed by atoms with E-state index in [1.165, 1.54) is 6.33 Å². The summed E-state index contributed by atoms with van der Waals surface area (Å²) in [7, 11) is 1.63. The first-order valence-corrected chi connectivity index (χ1v) is 10.8. The molecule has 0 aliphatic carbocycles. The second kappa shape index (κ2) is 9.21. The lowest BCUT2D eigenvalue weighted by Gasteiger charge is -2.22. The van der Waals surface area contributed by atoms with Gasteiger partial charge in [-0.1, -0.05) is 11.6 Å². The van der Waals surface area contributed by atoms with Crippen LogP contribution >= 0.6 is 11.6 Å². The van der Waals surface area contributed by atoms with Crippen LogP contribution in [-0.2, 0) is 0 Å². The Morgan fingerprint density at radius 3 is 2.67 bits per heavy atom. The number of aryl methyl sites for hydroxylation is 1. The van der Waals surface area contributed by atoms with Gasteiger partial charge in [-0.2, -0.15) is 5.10 Å². The standard InChI is InChI=1S/C23H25ClN6O3/c1-12-17(24)9-16(14(3)30-23-20(13(2)29-30)22(25)27-11-28-23)21(32-4)19(12)15-5-6-18(26-10-15)33-8-7-31/h5-6,9-11,14,31H,7-8H2,1-4H3,(H2,25,27,28). The van der Waals surface area contributed by atoms with Crippen LogP contribution in [0.5, 0.6) is 11.6 Å². The monoisotopic (exact) mass is 468 g/mol. The molecule has 33 heavy (non-hydrogen) atoms. The summed E-state index contributed by atoms with van der Waals surface area (Å²) in [6, 6.07) is 5.26. The fraction of sp³-hybridized carbons (Fsp3) is 0.304. The summed E-state index contributed by atoms with van der Waals surface area (Å²) >= 11 is 6.67. The van der Waals surface area contributed by atoms with Gasteiger partial charge in [0.25, 0.3) is 0 Å². The number of methoxy groups -OCH3 is 1. The van der Waals surface area contributed by atoms with E-state index in [4.69, 9.17) is 31.9 Å². The average molecular weight is 469 g/mol. The summed E-state index contributed by atoms with van der Waals surface area (Å²) < 4.78 is 13.1. The minimum absolute atomic E-state index is 0.0793. The predicted molar refractivity (Wildman–Crippen MR) is 127 cm³/mol. The largest absolute Gasteiger partial charge is 0.496 e. The Hall–Kier alpha value is -3.43. The van der Waals surface area contributed by atoms with Gasteiger partial charge in [0, 0.05) is 34.0 Å². The number of aromatic nitrogens is 5. The first-order valence-electron chi connectivity index (χ1n) is 10.4. The second-order valence-electron chi connectivity index (χ2n) is 7.60. The molecule has 0 aliphatic rings. The van der Waals surface area contributed by atoms with Crippen LogP contribution in [0.3, 0.4) is 0 Å². The molecule has 9 nitrogen and oxygen atoms in total. The number of fused-ring (bicyclic) bond motifs is 1. The molecule has 3 N–H and O–H groups in total. The van der Waals surface area contributed by atoms with Gasteiger partial charge in [-0.25, -0.2) is 19.6 Å². The first-order chi connectivity index (χ1) is 15.9. The van der Waals surface area contributed by atoms with Crippen molar-refractivity contribution in [3.05, 3.63) is 52.6 Å². The zero-order valence-corrected chi connectivity index (χ0v) is 19.6. The van der Waals surface area contributed by atoms with Gasteiger partial charge < -0.3 is 20.3 Å². The van der Waals surface area contributed by atoms with Crippen LogP contribution < -0.4 is 15.2 Å². The molecule has 1 atom stereocenters. The molecule has 172 valence electrons. The Balaban J connectivity index is 1.86. The first kappa shape index (κ1) is 22.8. The van der Waals surface area contributed by atoms with Crippen molar-refractivity contribution in [1.82, 2.24) is 24.7 Å². The summed E-state index contributed by atoms with van der Waals surface area (Å²) in [6.07, 6.45) is 3.13. The van der Waals surface area contributed by atoms with Gasteiger partial charge in [0.2, 0.25) is 5.88 Å². The lowest BCUT2D eigenvalue weighted by Crippen LogP contribution is -2.12. The normalized spacial score (nSPS) is 12.2. The molecule has 0 bridgehead atoms. The molecule has 0 amide bonds. The maximum Gasteiger partial charge on any atom is 0.213 e. The van der Waals surface area contributed by atoms with Crippen LogP contribution in [0.4, 0.5) is 5.82 Å². The van der Waals surface area contributed by atoms with E-state index in [1.54, 1.807) is 24.1 Å². The Labute approximate surface area is 196 Å². The molecule has 0 aliphatic heterocycles. The van der Waals surface area contributed by atoms with Crippen LogP contribution in [0.2, 0.25) is 5.02 Å². The zero-order chi connectivity index (χ0) is 23.7. The number of halogens is 1. The highest BCUT2D eigenvalue weighted by Crippen LogP contribution is 2.43. The van der Waals surface area contributed by atoms with Crippen molar-refractivity contribution >= 4 is 28.5 Å². The number of nitrogen functional groups attached to an aromatic ring is 1. The van der Waals surface area contributed by atoms with Gasteiger partial charge in [0.05, 0.1) is 30.8 Å². The highest BCUT2D eigenvalue weighted by atomic mass is 35.5. The third kappa shape index (κ3) is 4.05. The quantitative estimate of drug-likeness (QED) is 0.420. The second-order valence-corrected chi connectivity index (χ2v) is 8.01. The van der Waals surface area contributed by atoms with Gasteiger partial charge in [-0.15, -0.1) is 0 Å². The molecule has 1 unspecified atom stereocenters. The van der Waals surface area contributed by atoms with Crippen molar-refractivity contribution in [2.75, 3.05) is 26.1 Å². The fourth-order valence-electron chi connectivity index (χ4n) is 3.96. The maximum atomic E-state index is 8.95. The molecule has 0 fully saturated rings. The molecular weight excluding hydrogens is 444 g/mol. The summed E-state index contributed by atoms with van der Waals surface area (Å²) in [5.74, 6) is 1.48. The Morgan fingerprint density at radius 2 is 2.00 bits per heavy atom. The number of hydrogen-bond acceptors (Lipinski definition) is 8. The number of ether oxygens (including phenoxy) is 2. The van der Waals surface area contributed by atoms with E-state index in [-0.39, 0.29) is 19.3 Å². The molecule has 0 spiro atoms. The summed E-state index contributed by atoms with van der Waals surface area (Å²) in [6.45, 7) is 5.92. The van der Waals surface area contributed by atoms with E-state index in [1.807, 2.05) is 32.9 Å². The van der Waals surface area contributed by atoms with E-state index in [2.05, 4.69) is 20.1 Å². The number of anilines is 1. The van der Waals surface area contributed by atoms with Crippen molar-refractivity contribution in [3.63, 3.8) is 0 Å². The van der Waals surface area contributed by atoms with Crippen molar-refractivity contribution in [1.29, 1.82) is 0 Å². The van der Waals surface area contributed by atoms with Gasteiger partial charge in [0.1, 0.15) is 24.5 Å². The highest BCUT2D eigenvalue weighted by molar-refractivity contribution is 6.32. The molecule has 1 aromatic carbocycles. The minimum Gasteiger partial charge on any atom is -0.496 e. The van der Waals surface area contributed by atoms with Crippen molar-refractivity contribution < 1.29 is 14.6 Å². The zero-order valence-electron chi connectivity index (χ0n) is 18.8. The number of hydrogen-bond donors (Lipinski definition) is 2. The van der Waals surface area contributed by atoms with Crippen LogP contribution in [0.25, 0.3) is 22.2 Å². The lowest BCUT2D eigenvalue weighted by molar-refractivity contribution is 0.196. The predicted octanol–water partition coefficient (Wildman–Crippen LogP) is 3.73. The Kier molecular flexibility index (Phi) is 6.35. The molecule has 3 aromatic heterocycles. The molecule has 0 radical (unpaired) electrons.